The number of carbonyl (C=O) groups excluding carboxylic acids is 2. The number of nitrogens with one attached hydrogen (secondary N) is 1. The summed E-state index contributed by atoms with van der Waals surface area (Å²) >= 11 is 11.1. The Kier molecular flexibility index (Phi) is 5.60. The monoisotopic (exact) mass is 466 g/mol. The topological polar surface area (TPSA) is 97.5 Å². The van der Waals surface area contributed by atoms with E-state index in [0.717, 1.165) is 5.56 Å². The summed E-state index contributed by atoms with van der Waals surface area (Å²) in [5.41, 5.74) is 1.65. The molecule has 3 aromatic rings. The number of aromatic nitrogens is 1. The molecular formula is C22H15ClN4O4S. The van der Waals surface area contributed by atoms with Crippen molar-refractivity contribution < 1.29 is 14.5 Å². The maximum atomic E-state index is 13.2. The molecule has 0 aliphatic carbocycles. The highest BCUT2D eigenvalue weighted by Crippen LogP contribution is 2.28. The van der Waals surface area contributed by atoms with Crippen molar-refractivity contribution in [3.63, 3.8) is 0 Å². The van der Waals surface area contributed by atoms with Crippen LogP contribution in [0.3, 0.4) is 0 Å². The van der Waals surface area contributed by atoms with Crippen LogP contribution in [0.2, 0.25) is 5.02 Å². The molecule has 0 spiro atoms. The molecule has 2 aromatic carbocycles. The third-order valence-corrected chi connectivity index (χ3v) is 5.38. The lowest BCUT2D eigenvalue weighted by atomic mass is 10.1. The second-order valence-corrected chi connectivity index (χ2v) is 7.81. The Balaban J connectivity index is 1.78. The first-order chi connectivity index (χ1) is 15.3. The Morgan fingerprint density at radius 2 is 1.84 bits per heavy atom. The van der Waals surface area contributed by atoms with Gasteiger partial charge in [-0.25, -0.2) is 0 Å². The molecule has 0 unspecified atom stereocenters. The summed E-state index contributed by atoms with van der Waals surface area (Å²) in [4.78, 5) is 38.1. The fraction of sp³-hybridized carbons (Fsp3) is 0.0455. The predicted octanol–water partition coefficient (Wildman–Crippen LogP) is 4.18. The van der Waals surface area contributed by atoms with E-state index in [9.17, 15) is 19.7 Å². The number of anilines is 1. The summed E-state index contributed by atoms with van der Waals surface area (Å²) in [6, 6.07) is 14.6. The fourth-order valence-electron chi connectivity index (χ4n) is 3.34. The number of benzene rings is 2. The van der Waals surface area contributed by atoms with E-state index in [4.69, 9.17) is 23.8 Å². The van der Waals surface area contributed by atoms with Crippen molar-refractivity contribution in [3.05, 3.63) is 92.8 Å². The molecule has 1 aromatic heterocycles. The molecule has 1 fully saturated rings. The number of halogens is 1. The van der Waals surface area contributed by atoms with E-state index in [2.05, 4.69) is 5.32 Å². The molecule has 1 N–H and O–H groups in total. The van der Waals surface area contributed by atoms with Crippen LogP contribution < -0.4 is 10.2 Å². The van der Waals surface area contributed by atoms with Crippen LogP contribution in [0, 0.1) is 17.0 Å². The number of aryl methyl sites for hydroxylation is 1. The Labute approximate surface area is 192 Å². The van der Waals surface area contributed by atoms with Crippen LogP contribution in [0.25, 0.3) is 11.8 Å². The quantitative estimate of drug-likeness (QED) is 0.204. The van der Waals surface area contributed by atoms with Gasteiger partial charge in [0.2, 0.25) is 0 Å². The fourth-order valence-corrected chi connectivity index (χ4v) is 3.75. The number of thiocarbonyl (C=S) groups is 1. The highest BCUT2D eigenvalue weighted by molar-refractivity contribution is 7.80. The second kappa shape index (κ2) is 8.37. The van der Waals surface area contributed by atoms with Crippen LogP contribution in [-0.4, -0.2) is 26.4 Å². The number of carbonyl (C=O) groups is 2. The van der Waals surface area contributed by atoms with Gasteiger partial charge < -0.3 is 4.57 Å². The van der Waals surface area contributed by atoms with Crippen molar-refractivity contribution in [1.29, 1.82) is 0 Å². The molecule has 8 nitrogen and oxygen atoms in total. The molecule has 0 saturated carbocycles. The molecule has 4 rings (SSSR count). The second-order valence-electron chi connectivity index (χ2n) is 6.99. The molecular weight excluding hydrogens is 452 g/mol. The summed E-state index contributed by atoms with van der Waals surface area (Å²) in [5.74, 6) is -1.27. The molecule has 32 heavy (non-hydrogen) atoms. The lowest BCUT2D eigenvalue weighted by Crippen LogP contribution is -2.54. The average molecular weight is 467 g/mol. The van der Waals surface area contributed by atoms with Gasteiger partial charge in [-0.2, -0.15) is 0 Å². The van der Waals surface area contributed by atoms with Gasteiger partial charge in [-0.1, -0.05) is 17.7 Å². The summed E-state index contributed by atoms with van der Waals surface area (Å²) < 4.78 is 1.55. The first-order valence-corrected chi connectivity index (χ1v) is 10.1. The van der Waals surface area contributed by atoms with Crippen molar-refractivity contribution >= 4 is 58.2 Å². The van der Waals surface area contributed by atoms with Crippen LogP contribution in [0.1, 0.15) is 11.3 Å². The number of nitrogens with zero attached hydrogens (tertiary/aromatic N) is 3. The molecule has 1 saturated heterocycles. The smallest absolute Gasteiger partial charge is 0.293 e. The van der Waals surface area contributed by atoms with Crippen molar-refractivity contribution in [2.45, 2.75) is 6.92 Å². The van der Waals surface area contributed by atoms with E-state index < -0.39 is 16.7 Å². The van der Waals surface area contributed by atoms with Crippen LogP contribution in [0.15, 0.2) is 66.4 Å². The average Bonchev–Trinajstić information content (AvgIpc) is 3.20. The van der Waals surface area contributed by atoms with Gasteiger partial charge in [0.25, 0.3) is 17.5 Å². The zero-order valence-corrected chi connectivity index (χ0v) is 18.2. The lowest BCUT2D eigenvalue weighted by Gasteiger charge is -2.29. The van der Waals surface area contributed by atoms with Crippen molar-refractivity contribution in [2.75, 3.05) is 4.90 Å². The molecule has 0 bridgehead atoms. The lowest BCUT2D eigenvalue weighted by molar-refractivity contribution is -0.384. The minimum Gasteiger partial charge on any atom is -0.311 e. The molecule has 1 aliphatic rings. The predicted molar refractivity (Wildman–Crippen MR) is 125 cm³/mol. The number of amides is 2. The van der Waals surface area contributed by atoms with Gasteiger partial charge in [0.05, 0.1) is 10.6 Å². The SMILES string of the molecule is Cc1ccc(-n2cccc2/C=C2/C(=O)NC(=S)N(c3ccc(Cl)cc3)C2=O)c([N+](=O)[O-])c1. The zero-order chi connectivity index (χ0) is 23.0. The third-order valence-electron chi connectivity index (χ3n) is 4.85. The zero-order valence-electron chi connectivity index (χ0n) is 16.6. The highest BCUT2D eigenvalue weighted by atomic mass is 35.5. The Morgan fingerprint density at radius 1 is 1.12 bits per heavy atom. The molecule has 2 amide bonds. The normalized spacial score (nSPS) is 15.2. The van der Waals surface area contributed by atoms with Crippen LogP contribution in [0.5, 0.6) is 0 Å². The number of rotatable bonds is 4. The third kappa shape index (κ3) is 3.91. The summed E-state index contributed by atoms with van der Waals surface area (Å²) in [6.45, 7) is 1.76. The molecule has 10 heteroatoms. The molecule has 160 valence electrons. The van der Waals surface area contributed by atoms with E-state index in [1.165, 1.54) is 17.0 Å². The first kappa shape index (κ1) is 21.4. The minimum atomic E-state index is -0.656. The number of nitro groups is 1. The Bertz CT molecular complexity index is 1310. The van der Waals surface area contributed by atoms with Crippen LogP contribution in [0.4, 0.5) is 11.4 Å². The van der Waals surface area contributed by atoms with E-state index in [-0.39, 0.29) is 16.4 Å². The largest absolute Gasteiger partial charge is 0.311 e. The number of nitro benzene ring substituents is 1. The van der Waals surface area contributed by atoms with Crippen molar-refractivity contribution in [3.8, 4) is 5.69 Å². The van der Waals surface area contributed by atoms with Crippen molar-refractivity contribution in [1.82, 2.24) is 9.88 Å². The Morgan fingerprint density at radius 3 is 2.53 bits per heavy atom. The number of hydrogen-bond donors (Lipinski definition) is 1. The van der Waals surface area contributed by atoms with Gasteiger partial charge in [-0.15, -0.1) is 0 Å². The molecule has 1 aliphatic heterocycles. The highest BCUT2D eigenvalue weighted by Gasteiger charge is 2.34. The van der Waals surface area contributed by atoms with E-state index in [1.54, 1.807) is 66.2 Å². The minimum absolute atomic E-state index is 0.0518. The molecule has 0 atom stereocenters. The van der Waals surface area contributed by atoms with Gasteiger partial charge in [-0.3, -0.25) is 29.9 Å². The van der Waals surface area contributed by atoms with E-state index in [0.29, 0.717) is 22.1 Å². The van der Waals surface area contributed by atoms with Gasteiger partial charge in [0.15, 0.2) is 5.11 Å². The van der Waals surface area contributed by atoms with Crippen molar-refractivity contribution in [2.24, 2.45) is 0 Å². The maximum Gasteiger partial charge on any atom is 0.293 e. The van der Waals surface area contributed by atoms with Gasteiger partial charge in [0.1, 0.15) is 11.3 Å². The molecule has 0 radical (unpaired) electrons. The van der Waals surface area contributed by atoms with Crippen LogP contribution >= 0.6 is 23.8 Å². The number of hydrogen-bond acceptors (Lipinski definition) is 5. The standard InChI is InChI=1S/C22H15ClN4O4S/c1-13-4-9-18(19(11-13)27(30)31)25-10-2-3-16(25)12-17-20(28)24-22(32)26(21(17)29)15-7-5-14(23)6-8-15/h2-12H,1H3,(H,24,28,32)/b17-12-. The maximum absolute atomic E-state index is 13.2. The van der Waals surface area contributed by atoms with Gasteiger partial charge in [0, 0.05) is 23.0 Å². The summed E-state index contributed by atoms with van der Waals surface area (Å²) in [7, 11) is 0. The summed E-state index contributed by atoms with van der Waals surface area (Å²) in [6.07, 6.45) is 3.00. The van der Waals surface area contributed by atoms with Gasteiger partial charge in [-0.05, 0) is 73.2 Å². The van der Waals surface area contributed by atoms with Crippen LogP contribution in [-0.2, 0) is 9.59 Å². The van der Waals surface area contributed by atoms with Gasteiger partial charge >= 0.3 is 0 Å². The molecule has 2 heterocycles. The van der Waals surface area contributed by atoms with E-state index >= 15 is 0 Å². The Hall–Kier alpha value is -3.82. The summed E-state index contributed by atoms with van der Waals surface area (Å²) in [5, 5.41) is 14.5. The van der Waals surface area contributed by atoms with E-state index in [1.807, 2.05) is 0 Å². The first-order valence-electron chi connectivity index (χ1n) is 9.36.